The highest BCUT2D eigenvalue weighted by molar-refractivity contribution is 5.85. The SMILES string of the molecule is CCCC(CN(Cc1ccc(-c2ccccn2)cc1)NC(=O)C(CC(C)C)NC(=O)OC)C(Cc1ccccc1)NC(=O)C1CC(NC(=O)OC)C1(C)C. The Balaban J connectivity index is 1.63. The van der Waals surface area contributed by atoms with Crippen LogP contribution < -0.4 is 21.4 Å². The average molecular weight is 743 g/mol. The van der Waals surface area contributed by atoms with Gasteiger partial charge in [-0.15, -0.1) is 0 Å². The monoisotopic (exact) mass is 742 g/mol. The molecule has 1 heterocycles. The molecule has 5 atom stereocenters. The minimum atomic E-state index is -0.816. The fourth-order valence-corrected chi connectivity index (χ4v) is 7.20. The number of methoxy groups -OCH3 is 2. The van der Waals surface area contributed by atoms with Crippen LogP contribution in [0.1, 0.15) is 71.4 Å². The summed E-state index contributed by atoms with van der Waals surface area (Å²) in [5.74, 6) is -0.670. The van der Waals surface area contributed by atoms with Gasteiger partial charge in [0.2, 0.25) is 5.91 Å². The molecule has 2 aromatic carbocycles. The number of ether oxygens (including phenoxy) is 2. The molecule has 4 amide bonds. The van der Waals surface area contributed by atoms with E-state index in [-0.39, 0.29) is 41.7 Å². The van der Waals surface area contributed by atoms with E-state index in [9.17, 15) is 19.2 Å². The lowest BCUT2D eigenvalue weighted by molar-refractivity contribution is -0.138. The number of carbonyl (C=O) groups is 4. The Kier molecular flexibility index (Phi) is 15.4. The number of carbonyl (C=O) groups excluding carboxylic acids is 4. The molecular weight excluding hydrogens is 684 g/mol. The Morgan fingerprint density at radius 1 is 0.889 bits per heavy atom. The Labute approximate surface area is 320 Å². The van der Waals surface area contributed by atoms with Crippen molar-refractivity contribution in [1.82, 2.24) is 31.4 Å². The van der Waals surface area contributed by atoms with Crippen LogP contribution in [0.2, 0.25) is 0 Å². The summed E-state index contributed by atoms with van der Waals surface area (Å²) in [6, 6.07) is 22.7. The summed E-state index contributed by atoms with van der Waals surface area (Å²) >= 11 is 0. The largest absolute Gasteiger partial charge is 0.453 e. The molecule has 0 aliphatic heterocycles. The van der Waals surface area contributed by atoms with Gasteiger partial charge in [0.25, 0.3) is 5.91 Å². The van der Waals surface area contributed by atoms with Gasteiger partial charge in [0.05, 0.1) is 19.9 Å². The zero-order valence-electron chi connectivity index (χ0n) is 32.8. The van der Waals surface area contributed by atoms with E-state index in [1.165, 1.54) is 14.2 Å². The molecule has 1 aliphatic carbocycles. The van der Waals surface area contributed by atoms with E-state index >= 15 is 0 Å². The molecule has 12 nitrogen and oxygen atoms in total. The quantitative estimate of drug-likeness (QED) is 0.112. The van der Waals surface area contributed by atoms with Crippen molar-refractivity contribution in [2.24, 2.45) is 23.2 Å². The number of amides is 4. The lowest BCUT2D eigenvalue weighted by Gasteiger charge is -2.51. The van der Waals surface area contributed by atoms with Gasteiger partial charge >= 0.3 is 12.2 Å². The standard InChI is InChI=1S/C42H58N6O6/c1-8-14-32(35(24-29-15-10-9-11-16-29)44-38(49)33-25-37(42(33,4)5)46-41(52)54-7)27-48(47-39(50)36(23-28(2)3)45-40(51)53-6)26-30-18-20-31(21-19-30)34-17-12-13-22-43-34/h9-13,15-22,28,32-33,35-37H,8,14,23-27H2,1-7H3,(H,44,49)(H,45,51)(H,46,52)(H,47,50). The second-order valence-electron chi connectivity index (χ2n) is 15.2. The predicted molar refractivity (Wildman–Crippen MR) is 209 cm³/mol. The third kappa shape index (κ3) is 11.8. The third-order valence-electron chi connectivity index (χ3n) is 10.4. The van der Waals surface area contributed by atoms with Crippen molar-refractivity contribution in [2.45, 2.75) is 91.4 Å². The van der Waals surface area contributed by atoms with Gasteiger partial charge in [0.15, 0.2) is 0 Å². The number of nitrogens with zero attached hydrogens (tertiary/aromatic N) is 2. The molecule has 1 saturated carbocycles. The minimum absolute atomic E-state index is 0.0649. The smallest absolute Gasteiger partial charge is 0.407 e. The molecule has 1 aromatic heterocycles. The van der Waals surface area contributed by atoms with Crippen molar-refractivity contribution in [3.8, 4) is 11.3 Å². The van der Waals surface area contributed by atoms with Crippen molar-refractivity contribution in [3.05, 3.63) is 90.1 Å². The summed E-state index contributed by atoms with van der Waals surface area (Å²) in [6.07, 6.45) is 3.72. The van der Waals surface area contributed by atoms with E-state index < -0.39 is 23.6 Å². The third-order valence-corrected chi connectivity index (χ3v) is 10.4. The van der Waals surface area contributed by atoms with Crippen LogP contribution in [0.3, 0.4) is 0 Å². The van der Waals surface area contributed by atoms with Crippen LogP contribution >= 0.6 is 0 Å². The molecule has 0 bridgehead atoms. The van der Waals surface area contributed by atoms with Gasteiger partial charge in [-0.3, -0.25) is 20.0 Å². The number of alkyl carbamates (subject to hydrolysis) is 2. The maximum atomic E-state index is 14.1. The second-order valence-corrected chi connectivity index (χ2v) is 15.2. The van der Waals surface area contributed by atoms with Gasteiger partial charge in [0.1, 0.15) is 6.04 Å². The first-order valence-electron chi connectivity index (χ1n) is 18.9. The highest BCUT2D eigenvalue weighted by Gasteiger charge is 2.53. The highest BCUT2D eigenvalue weighted by Crippen LogP contribution is 2.46. The minimum Gasteiger partial charge on any atom is -0.453 e. The summed E-state index contributed by atoms with van der Waals surface area (Å²) in [7, 11) is 2.61. The molecule has 4 N–H and O–H groups in total. The summed E-state index contributed by atoms with van der Waals surface area (Å²) < 4.78 is 9.66. The van der Waals surface area contributed by atoms with Crippen LogP contribution in [0, 0.1) is 23.2 Å². The predicted octanol–water partition coefficient (Wildman–Crippen LogP) is 6.27. The summed E-state index contributed by atoms with van der Waals surface area (Å²) in [5.41, 5.74) is 6.56. The maximum absolute atomic E-state index is 14.1. The summed E-state index contributed by atoms with van der Waals surface area (Å²) in [6.45, 7) is 10.9. The first-order valence-corrected chi connectivity index (χ1v) is 18.9. The molecule has 0 radical (unpaired) electrons. The van der Waals surface area contributed by atoms with Crippen LogP contribution in [0.15, 0.2) is 79.0 Å². The maximum Gasteiger partial charge on any atom is 0.407 e. The number of hydrogen-bond acceptors (Lipinski definition) is 8. The molecule has 1 fully saturated rings. The van der Waals surface area contributed by atoms with Gasteiger partial charge < -0.3 is 25.4 Å². The average Bonchev–Trinajstić information content (AvgIpc) is 3.16. The summed E-state index contributed by atoms with van der Waals surface area (Å²) in [4.78, 5) is 56.8. The molecule has 0 saturated heterocycles. The van der Waals surface area contributed by atoms with Gasteiger partial charge in [-0.05, 0) is 66.2 Å². The van der Waals surface area contributed by atoms with E-state index in [2.05, 4.69) is 45.4 Å². The van der Waals surface area contributed by atoms with E-state index in [0.717, 1.165) is 35.2 Å². The van der Waals surface area contributed by atoms with E-state index in [1.54, 1.807) is 6.20 Å². The van der Waals surface area contributed by atoms with Crippen LogP contribution in [0.25, 0.3) is 11.3 Å². The molecule has 12 heteroatoms. The number of hydrogen-bond donors (Lipinski definition) is 4. The molecule has 3 aromatic rings. The molecule has 5 unspecified atom stereocenters. The number of hydrazine groups is 1. The lowest BCUT2D eigenvalue weighted by Crippen LogP contribution is -2.63. The zero-order chi connectivity index (χ0) is 39.3. The van der Waals surface area contributed by atoms with Gasteiger partial charge in [0, 0.05) is 42.9 Å². The summed E-state index contributed by atoms with van der Waals surface area (Å²) in [5, 5.41) is 10.9. The van der Waals surface area contributed by atoms with Gasteiger partial charge in [-0.2, -0.15) is 0 Å². The Morgan fingerprint density at radius 3 is 2.17 bits per heavy atom. The fourth-order valence-electron chi connectivity index (χ4n) is 7.20. The molecule has 292 valence electrons. The first-order chi connectivity index (χ1) is 25.8. The van der Waals surface area contributed by atoms with Crippen molar-refractivity contribution in [3.63, 3.8) is 0 Å². The molecule has 54 heavy (non-hydrogen) atoms. The topological polar surface area (TPSA) is 151 Å². The number of aromatic nitrogens is 1. The Bertz CT molecular complexity index is 1650. The first kappa shape index (κ1) is 41.8. The molecular formula is C42H58N6O6. The lowest BCUT2D eigenvalue weighted by atomic mass is 9.58. The molecule has 0 spiro atoms. The van der Waals surface area contributed by atoms with Crippen molar-refractivity contribution < 1.29 is 28.7 Å². The normalized spacial score (nSPS) is 17.7. The number of rotatable bonds is 18. The van der Waals surface area contributed by atoms with E-state index in [4.69, 9.17) is 9.47 Å². The van der Waals surface area contributed by atoms with Crippen molar-refractivity contribution in [2.75, 3.05) is 20.8 Å². The van der Waals surface area contributed by atoms with Gasteiger partial charge in [-0.25, -0.2) is 14.6 Å². The second kappa shape index (κ2) is 19.9. The number of pyridine rings is 1. The molecule has 1 aliphatic rings. The van der Waals surface area contributed by atoms with Gasteiger partial charge in [-0.1, -0.05) is 102 Å². The van der Waals surface area contributed by atoms with Crippen LogP contribution in [-0.4, -0.2) is 72.9 Å². The Hall–Kier alpha value is -4.97. The number of benzene rings is 2. The van der Waals surface area contributed by atoms with E-state index in [1.807, 2.05) is 93.4 Å². The van der Waals surface area contributed by atoms with Crippen LogP contribution in [0.4, 0.5) is 9.59 Å². The van der Waals surface area contributed by atoms with Crippen molar-refractivity contribution in [1.29, 1.82) is 0 Å². The fraction of sp³-hybridized carbons (Fsp3) is 0.500. The molecule has 4 rings (SSSR count). The van der Waals surface area contributed by atoms with Crippen molar-refractivity contribution >= 4 is 24.0 Å². The zero-order valence-corrected chi connectivity index (χ0v) is 32.8. The van der Waals surface area contributed by atoms with Crippen LogP contribution in [0.5, 0.6) is 0 Å². The highest BCUT2D eigenvalue weighted by atomic mass is 16.5. The van der Waals surface area contributed by atoms with Crippen LogP contribution in [-0.2, 0) is 32.0 Å². The van der Waals surface area contributed by atoms with E-state index in [0.29, 0.717) is 32.4 Å². The Morgan fingerprint density at radius 2 is 1.57 bits per heavy atom. The number of nitrogens with one attached hydrogen (secondary N) is 4.